The van der Waals surface area contributed by atoms with E-state index >= 15 is 0 Å². The van der Waals surface area contributed by atoms with E-state index in [9.17, 15) is 4.79 Å². The van der Waals surface area contributed by atoms with Crippen molar-refractivity contribution in [1.29, 1.82) is 0 Å². The fraction of sp³-hybridized carbons (Fsp3) is 0.529. The number of guanidine groups is 1. The van der Waals surface area contributed by atoms with Crippen LogP contribution in [0.25, 0.3) is 0 Å². The van der Waals surface area contributed by atoms with Crippen molar-refractivity contribution in [3.05, 3.63) is 30.3 Å². The van der Waals surface area contributed by atoms with Gasteiger partial charge in [0.15, 0.2) is 5.96 Å². The third-order valence-electron chi connectivity index (χ3n) is 3.75. The summed E-state index contributed by atoms with van der Waals surface area (Å²) in [7, 11) is 1.73. The second-order valence-corrected chi connectivity index (χ2v) is 5.64. The Balaban J connectivity index is 1.89. The first-order chi connectivity index (χ1) is 11.2. The van der Waals surface area contributed by atoms with Crippen LogP contribution in [0.4, 0.5) is 5.69 Å². The first-order valence-electron chi connectivity index (χ1n) is 8.10. The minimum absolute atomic E-state index is 0.112. The molecule has 1 fully saturated rings. The topological polar surface area (TPSA) is 66.0 Å². The summed E-state index contributed by atoms with van der Waals surface area (Å²) in [4.78, 5) is 18.7. The minimum Gasteiger partial charge on any atom is -0.384 e. The van der Waals surface area contributed by atoms with E-state index in [1.165, 1.54) is 0 Å². The maximum absolute atomic E-state index is 12.0. The Labute approximate surface area is 137 Å². The number of rotatable bonds is 6. The van der Waals surface area contributed by atoms with Gasteiger partial charge in [0, 0.05) is 38.3 Å². The molecule has 1 aromatic carbocycles. The van der Waals surface area contributed by atoms with Crippen LogP contribution in [0.2, 0.25) is 0 Å². The minimum atomic E-state index is -0.112. The number of amides is 1. The van der Waals surface area contributed by atoms with E-state index in [0.717, 1.165) is 44.3 Å². The number of hydrogen-bond donors (Lipinski definition) is 2. The molecule has 0 spiro atoms. The molecule has 1 atom stereocenters. The number of anilines is 1. The van der Waals surface area contributed by atoms with E-state index in [2.05, 4.69) is 20.5 Å². The summed E-state index contributed by atoms with van der Waals surface area (Å²) in [6.45, 7) is 5.56. The summed E-state index contributed by atoms with van der Waals surface area (Å²) in [5.41, 5.74) is 0.791. The standard InChI is InChI=1S/C17H26N4O2/c1-3-18-17(21-10-9-14(12-21)13-23-2)19-11-16(22)20-15-7-5-4-6-8-15/h4-8,14H,3,9-13H2,1-2H3,(H,18,19)(H,20,22). The van der Waals surface area contributed by atoms with Gasteiger partial charge in [-0.3, -0.25) is 4.79 Å². The predicted octanol–water partition coefficient (Wildman–Crippen LogP) is 1.56. The molecule has 23 heavy (non-hydrogen) atoms. The molecule has 6 heteroatoms. The third-order valence-corrected chi connectivity index (χ3v) is 3.75. The van der Waals surface area contributed by atoms with Crippen molar-refractivity contribution in [1.82, 2.24) is 10.2 Å². The highest BCUT2D eigenvalue weighted by molar-refractivity contribution is 5.94. The first kappa shape index (κ1) is 17.3. The number of likely N-dealkylation sites (tertiary alicyclic amines) is 1. The Kier molecular flexibility index (Phi) is 6.87. The summed E-state index contributed by atoms with van der Waals surface area (Å²) >= 11 is 0. The Morgan fingerprint density at radius 3 is 2.87 bits per heavy atom. The van der Waals surface area contributed by atoms with E-state index in [0.29, 0.717) is 5.92 Å². The van der Waals surface area contributed by atoms with Gasteiger partial charge in [0.05, 0.1) is 6.61 Å². The molecule has 6 nitrogen and oxygen atoms in total. The quantitative estimate of drug-likeness (QED) is 0.617. The van der Waals surface area contributed by atoms with Crippen molar-refractivity contribution in [3.63, 3.8) is 0 Å². The highest BCUT2D eigenvalue weighted by Gasteiger charge is 2.24. The molecule has 1 unspecified atom stereocenters. The molecular weight excluding hydrogens is 292 g/mol. The number of methoxy groups -OCH3 is 1. The number of para-hydroxylation sites is 1. The summed E-state index contributed by atoms with van der Waals surface area (Å²) in [5.74, 6) is 1.22. The van der Waals surface area contributed by atoms with Crippen molar-refractivity contribution in [3.8, 4) is 0 Å². The van der Waals surface area contributed by atoms with Crippen LogP contribution in [0, 0.1) is 5.92 Å². The van der Waals surface area contributed by atoms with Gasteiger partial charge in [-0.15, -0.1) is 0 Å². The van der Waals surface area contributed by atoms with E-state index in [1.807, 2.05) is 37.3 Å². The molecular formula is C17H26N4O2. The molecule has 0 aromatic heterocycles. The summed E-state index contributed by atoms with van der Waals surface area (Å²) in [5, 5.41) is 6.11. The number of nitrogens with zero attached hydrogens (tertiary/aromatic N) is 2. The molecule has 0 bridgehead atoms. The first-order valence-corrected chi connectivity index (χ1v) is 8.10. The number of aliphatic imine (C=N–C) groups is 1. The maximum Gasteiger partial charge on any atom is 0.246 e. The summed E-state index contributed by atoms with van der Waals surface area (Å²) in [6, 6.07) is 9.43. The van der Waals surface area contributed by atoms with Gasteiger partial charge in [-0.1, -0.05) is 18.2 Å². The van der Waals surface area contributed by atoms with E-state index in [1.54, 1.807) is 7.11 Å². The van der Waals surface area contributed by atoms with Crippen molar-refractivity contribution in [2.45, 2.75) is 13.3 Å². The number of carbonyl (C=O) groups is 1. The SMILES string of the molecule is CCNC(=NCC(=O)Nc1ccccc1)N1CCC(COC)C1. The molecule has 1 aromatic rings. The normalized spacial score (nSPS) is 18.1. The van der Waals surface area contributed by atoms with Crippen LogP contribution in [0.3, 0.4) is 0 Å². The van der Waals surface area contributed by atoms with Gasteiger partial charge in [-0.2, -0.15) is 0 Å². The molecule has 2 N–H and O–H groups in total. The number of hydrogen-bond acceptors (Lipinski definition) is 3. The zero-order chi connectivity index (χ0) is 16.5. The molecule has 0 aliphatic carbocycles. The zero-order valence-electron chi connectivity index (χ0n) is 13.9. The van der Waals surface area contributed by atoms with Gasteiger partial charge in [-0.25, -0.2) is 4.99 Å². The average molecular weight is 318 g/mol. The monoisotopic (exact) mass is 318 g/mol. The lowest BCUT2D eigenvalue weighted by Gasteiger charge is -2.21. The molecule has 2 rings (SSSR count). The Hall–Kier alpha value is -2.08. The van der Waals surface area contributed by atoms with Crippen LogP contribution in [0.15, 0.2) is 35.3 Å². The van der Waals surface area contributed by atoms with Crippen LogP contribution in [-0.2, 0) is 9.53 Å². The van der Waals surface area contributed by atoms with Crippen LogP contribution in [-0.4, -0.2) is 56.7 Å². The van der Waals surface area contributed by atoms with Crippen molar-refractivity contribution >= 4 is 17.6 Å². The molecule has 126 valence electrons. The lowest BCUT2D eigenvalue weighted by Crippen LogP contribution is -2.40. The zero-order valence-corrected chi connectivity index (χ0v) is 13.9. The average Bonchev–Trinajstić information content (AvgIpc) is 3.01. The van der Waals surface area contributed by atoms with Crippen LogP contribution < -0.4 is 10.6 Å². The number of carbonyl (C=O) groups excluding carboxylic acids is 1. The summed E-state index contributed by atoms with van der Waals surface area (Å²) < 4.78 is 5.23. The molecule has 1 aliphatic rings. The van der Waals surface area contributed by atoms with E-state index < -0.39 is 0 Å². The Morgan fingerprint density at radius 2 is 2.17 bits per heavy atom. The van der Waals surface area contributed by atoms with Crippen LogP contribution in [0.5, 0.6) is 0 Å². The molecule has 1 aliphatic heterocycles. The highest BCUT2D eigenvalue weighted by atomic mass is 16.5. The Morgan fingerprint density at radius 1 is 1.39 bits per heavy atom. The predicted molar refractivity (Wildman–Crippen MR) is 92.6 cm³/mol. The second-order valence-electron chi connectivity index (χ2n) is 5.64. The van der Waals surface area contributed by atoms with E-state index in [-0.39, 0.29) is 12.5 Å². The third kappa shape index (κ3) is 5.56. The van der Waals surface area contributed by atoms with Gasteiger partial charge >= 0.3 is 0 Å². The van der Waals surface area contributed by atoms with Crippen molar-refractivity contribution < 1.29 is 9.53 Å². The van der Waals surface area contributed by atoms with Crippen LogP contribution in [0.1, 0.15) is 13.3 Å². The second kappa shape index (κ2) is 9.15. The smallest absolute Gasteiger partial charge is 0.246 e. The number of ether oxygens (including phenoxy) is 1. The molecule has 1 saturated heterocycles. The largest absolute Gasteiger partial charge is 0.384 e. The van der Waals surface area contributed by atoms with Crippen molar-refractivity contribution in [2.24, 2.45) is 10.9 Å². The van der Waals surface area contributed by atoms with Crippen molar-refractivity contribution in [2.75, 3.05) is 45.2 Å². The lowest BCUT2D eigenvalue weighted by atomic mass is 10.1. The fourth-order valence-corrected chi connectivity index (χ4v) is 2.69. The number of benzene rings is 1. The van der Waals surface area contributed by atoms with Gasteiger partial charge < -0.3 is 20.3 Å². The molecule has 0 radical (unpaired) electrons. The van der Waals surface area contributed by atoms with Gasteiger partial charge in [-0.05, 0) is 25.5 Å². The van der Waals surface area contributed by atoms with Gasteiger partial charge in [0.2, 0.25) is 5.91 Å². The van der Waals surface area contributed by atoms with E-state index in [4.69, 9.17) is 4.74 Å². The Bertz CT molecular complexity index is 519. The molecule has 1 amide bonds. The molecule has 1 heterocycles. The van der Waals surface area contributed by atoms with Gasteiger partial charge in [0.25, 0.3) is 0 Å². The van der Waals surface area contributed by atoms with Gasteiger partial charge in [0.1, 0.15) is 6.54 Å². The molecule has 0 saturated carbocycles. The maximum atomic E-state index is 12.0. The lowest BCUT2D eigenvalue weighted by molar-refractivity contribution is -0.114. The number of nitrogens with one attached hydrogen (secondary N) is 2. The summed E-state index contributed by atoms with van der Waals surface area (Å²) in [6.07, 6.45) is 1.09. The van der Waals surface area contributed by atoms with Crippen LogP contribution >= 0.6 is 0 Å². The highest BCUT2D eigenvalue weighted by Crippen LogP contribution is 2.16. The fourth-order valence-electron chi connectivity index (χ4n) is 2.69.